The maximum absolute atomic E-state index is 11.8. The average molecular weight is 317 g/mol. The van der Waals surface area contributed by atoms with Crippen molar-refractivity contribution in [1.82, 2.24) is 14.7 Å². The molecule has 0 bridgehead atoms. The van der Waals surface area contributed by atoms with Crippen molar-refractivity contribution >= 4 is 27.5 Å². The van der Waals surface area contributed by atoms with Gasteiger partial charge in [0.15, 0.2) is 0 Å². The maximum atomic E-state index is 11.8. The lowest BCUT2D eigenvalue weighted by Crippen LogP contribution is -2.26. The van der Waals surface area contributed by atoms with Gasteiger partial charge in [-0.25, -0.2) is 4.68 Å². The smallest absolute Gasteiger partial charge is 0.283 e. The molecule has 1 aromatic rings. The van der Waals surface area contributed by atoms with Crippen molar-refractivity contribution < 1.29 is 4.79 Å². The van der Waals surface area contributed by atoms with E-state index >= 15 is 0 Å². The number of carbonyl (C=O) groups excluding carboxylic acids is 1. The van der Waals surface area contributed by atoms with Crippen molar-refractivity contribution in [2.24, 2.45) is 0 Å². The lowest BCUT2D eigenvalue weighted by Gasteiger charge is -2.12. The molecule has 0 aliphatic rings. The maximum Gasteiger partial charge on any atom is 0.283 e. The molecule has 1 rings (SSSR count). The van der Waals surface area contributed by atoms with E-state index in [0.717, 1.165) is 0 Å². The fourth-order valence-corrected chi connectivity index (χ4v) is 1.79. The van der Waals surface area contributed by atoms with Crippen LogP contribution in [0.15, 0.2) is 15.5 Å². The number of anilines is 1. The summed E-state index contributed by atoms with van der Waals surface area (Å²) in [4.78, 5) is 24.7. The van der Waals surface area contributed by atoms with Gasteiger partial charge in [0.05, 0.1) is 11.9 Å². The molecular formula is C11H17BrN4O2. The highest BCUT2D eigenvalue weighted by Crippen LogP contribution is 2.15. The number of hydrogen-bond donors (Lipinski definition) is 1. The van der Waals surface area contributed by atoms with Crippen LogP contribution >= 0.6 is 15.9 Å². The molecular weight excluding hydrogens is 300 g/mol. The fourth-order valence-electron chi connectivity index (χ4n) is 1.34. The van der Waals surface area contributed by atoms with Crippen LogP contribution in [-0.4, -0.2) is 41.2 Å². The quantitative estimate of drug-likeness (QED) is 0.877. The van der Waals surface area contributed by atoms with Crippen LogP contribution in [0.5, 0.6) is 0 Å². The van der Waals surface area contributed by atoms with E-state index in [0.29, 0.717) is 29.7 Å². The first kappa shape index (κ1) is 14.7. The minimum absolute atomic E-state index is 0.0356. The van der Waals surface area contributed by atoms with Crippen molar-refractivity contribution in [3.05, 3.63) is 21.0 Å². The minimum Gasteiger partial charge on any atom is -0.382 e. The zero-order valence-electron chi connectivity index (χ0n) is 10.7. The normalized spacial score (nSPS) is 10.2. The van der Waals surface area contributed by atoms with Gasteiger partial charge in [-0.2, -0.15) is 5.10 Å². The molecule has 0 fully saturated rings. The molecule has 0 aliphatic heterocycles. The molecule has 1 aromatic heterocycles. The first-order chi connectivity index (χ1) is 8.47. The molecule has 7 heteroatoms. The highest BCUT2D eigenvalue weighted by molar-refractivity contribution is 9.10. The molecule has 0 saturated carbocycles. The van der Waals surface area contributed by atoms with Gasteiger partial charge >= 0.3 is 0 Å². The van der Waals surface area contributed by atoms with Gasteiger partial charge in [-0.3, -0.25) is 9.59 Å². The highest BCUT2D eigenvalue weighted by Gasteiger charge is 2.08. The second kappa shape index (κ2) is 6.53. The monoisotopic (exact) mass is 316 g/mol. The Morgan fingerprint density at radius 3 is 2.78 bits per heavy atom. The number of rotatable bonds is 5. The summed E-state index contributed by atoms with van der Waals surface area (Å²) in [6.45, 7) is 2.84. The van der Waals surface area contributed by atoms with Crippen molar-refractivity contribution in [1.29, 1.82) is 0 Å². The Morgan fingerprint density at radius 1 is 1.56 bits per heavy atom. The van der Waals surface area contributed by atoms with E-state index in [1.807, 2.05) is 6.92 Å². The van der Waals surface area contributed by atoms with Crippen LogP contribution < -0.4 is 10.9 Å². The SMILES string of the molecule is CCn1ncc(NCCC(=O)N(C)C)c(Br)c1=O. The third-order valence-electron chi connectivity index (χ3n) is 2.44. The summed E-state index contributed by atoms with van der Waals surface area (Å²) in [5.41, 5.74) is 0.428. The summed E-state index contributed by atoms with van der Waals surface area (Å²) < 4.78 is 1.80. The summed E-state index contributed by atoms with van der Waals surface area (Å²) in [5, 5.41) is 7.03. The molecule has 1 amide bonds. The summed E-state index contributed by atoms with van der Waals surface area (Å²) in [7, 11) is 3.42. The van der Waals surface area contributed by atoms with Crippen LogP contribution in [0.4, 0.5) is 5.69 Å². The first-order valence-electron chi connectivity index (χ1n) is 5.67. The van der Waals surface area contributed by atoms with Crippen LogP contribution in [-0.2, 0) is 11.3 Å². The number of amides is 1. The van der Waals surface area contributed by atoms with Gasteiger partial charge < -0.3 is 10.2 Å². The third kappa shape index (κ3) is 3.56. The van der Waals surface area contributed by atoms with Crippen LogP contribution in [0.2, 0.25) is 0 Å². The zero-order valence-corrected chi connectivity index (χ0v) is 12.3. The average Bonchev–Trinajstić information content (AvgIpc) is 2.34. The second-order valence-corrected chi connectivity index (χ2v) is 4.75. The van der Waals surface area contributed by atoms with Gasteiger partial charge in [-0.15, -0.1) is 0 Å². The molecule has 0 atom stereocenters. The number of carbonyl (C=O) groups is 1. The topological polar surface area (TPSA) is 67.2 Å². The van der Waals surface area contributed by atoms with Gasteiger partial charge in [0, 0.05) is 33.6 Å². The molecule has 0 aromatic carbocycles. The van der Waals surface area contributed by atoms with E-state index in [2.05, 4.69) is 26.3 Å². The number of nitrogens with one attached hydrogen (secondary N) is 1. The lowest BCUT2D eigenvalue weighted by atomic mass is 10.3. The Hall–Kier alpha value is -1.37. The fraction of sp³-hybridized carbons (Fsp3) is 0.545. The molecule has 0 spiro atoms. The zero-order chi connectivity index (χ0) is 13.7. The Bertz CT molecular complexity index is 484. The number of aryl methyl sites for hydroxylation is 1. The van der Waals surface area contributed by atoms with Crippen molar-refractivity contribution in [2.75, 3.05) is 26.0 Å². The van der Waals surface area contributed by atoms with Gasteiger partial charge in [0.2, 0.25) is 5.91 Å². The largest absolute Gasteiger partial charge is 0.382 e. The van der Waals surface area contributed by atoms with E-state index in [-0.39, 0.29) is 11.5 Å². The van der Waals surface area contributed by atoms with Crippen molar-refractivity contribution in [2.45, 2.75) is 19.9 Å². The third-order valence-corrected chi connectivity index (χ3v) is 3.20. The molecule has 6 nitrogen and oxygen atoms in total. The predicted octanol–water partition coefficient (Wildman–Crippen LogP) is 0.916. The molecule has 100 valence electrons. The Balaban J connectivity index is 2.67. The Labute approximate surface area is 114 Å². The van der Waals surface area contributed by atoms with Crippen LogP contribution in [0.3, 0.4) is 0 Å². The molecule has 0 radical (unpaired) electrons. The number of aromatic nitrogens is 2. The van der Waals surface area contributed by atoms with Crippen molar-refractivity contribution in [3.8, 4) is 0 Å². The lowest BCUT2D eigenvalue weighted by molar-refractivity contribution is -0.128. The van der Waals surface area contributed by atoms with E-state index in [4.69, 9.17) is 0 Å². The van der Waals surface area contributed by atoms with E-state index < -0.39 is 0 Å². The summed E-state index contributed by atoms with van der Waals surface area (Å²) >= 11 is 3.24. The molecule has 1 N–H and O–H groups in total. The Morgan fingerprint density at radius 2 is 2.22 bits per heavy atom. The van der Waals surface area contributed by atoms with Gasteiger partial charge in [-0.05, 0) is 22.9 Å². The minimum atomic E-state index is -0.179. The Kier molecular flexibility index (Phi) is 5.33. The van der Waals surface area contributed by atoms with Gasteiger partial charge in [-0.1, -0.05) is 0 Å². The van der Waals surface area contributed by atoms with E-state index in [1.54, 1.807) is 20.3 Å². The molecule has 0 saturated heterocycles. The number of hydrogen-bond acceptors (Lipinski definition) is 4. The van der Waals surface area contributed by atoms with Crippen LogP contribution in [0.25, 0.3) is 0 Å². The summed E-state index contributed by atoms with van der Waals surface area (Å²) in [6.07, 6.45) is 1.95. The first-order valence-corrected chi connectivity index (χ1v) is 6.46. The second-order valence-electron chi connectivity index (χ2n) is 3.96. The summed E-state index contributed by atoms with van der Waals surface area (Å²) in [6, 6.07) is 0. The highest BCUT2D eigenvalue weighted by atomic mass is 79.9. The van der Waals surface area contributed by atoms with E-state index in [1.165, 1.54) is 9.58 Å². The molecule has 18 heavy (non-hydrogen) atoms. The molecule has 0 unspecified atom stereocenters. The standard InChI is InChI=1S/C11H17BrN4O2/c1-4-16-11(18)10(12)8(7-14-16)13-6-5-9(17)15(2)3/h7,13H,4-6H2,1-3H3. The van der Waals surface area contributed by atoms with Gasteiger partial charge in [0.25, 0.3) is 5.56 Å². The predicted molar refractivity (Wildman–Crippen MR) is 73.7 cm³/mol. The van der Waals surface area contributed by atoms with Crippen molar-refractivity contribution in [3.63, 3.8) is 0 Å². The summed E-state index contributed by atoms with van der Waals surface area (Å²) in [5.74, 6) is 0.0356. The van der Waals surface area contributed by atoms with Gasteiger partial charge in [0.1, 0.15) is 4.47 Å². The molecule has 0 aliphatic carbocycles. The molecule has 1 heterocycles. The van der Waals surface area contributed by atoms with Crippen LogP contribution in [0.1, 0.15) is 13.3 Å². The number of halogens is 1. The van der Waals surface area contributed by atoms with Crippen LogP contribution in [0, 0.1) is 0 Å². The number of nitrogens with zero attached hydrogens (tertiary/aromatic N) is 3. The van der Waals surface area contributed by atoms with E-state index in [9.17, 15) is 9.59 Å².